The van der Waals surface area contributed by atoms with Gasteiger partial charge in [0, 0.05) is 6.07 Å². The lowest BCUT2D eigenvalue weighted by Gasteiger charge is -2.05. The zero-order valence-corrected chi connectivity index (χ0v) is 8.39. The normalized spacial score (nSPS) is 10.4. The van der Waals surface area contributed by atoms with Crippen molar-refractivity contribution in [2.75, 3.05) is 0 Å². The van der Waals surface area contributed by atoms with E-state index >= 15 is 0 Å². The van der Waals surface area contributed by atoms with Gasteiger partial charge in [-0.1, -0.05) is 11.2 Å². The van der Waals surface area contributed by atoms with Crippen LogP contribution in [0.25, 0.3) is 0 Å². The van der Waals surface area contributed by atoms with Crippen LogP contribution in [0.4, 0.5) is 4.39 Å². The summed E-state index contributed by atoms with van der Waals surface area (Å²) in [6, 6.07) is 5.94. The molecule has 0 aliphatic rings. The molecule has 5 heteroatoms. The Kier molecular flexibility index (Phi) is 3.16. The van der Waals surface area contributed by atoms with E-state index in [4.69, 9.17) is 14.4 Å². The van der Waals surface area contributed by atoms with Gasteiger partial charge in [-0.2, -0.15) is 0 Å². The highest BCUT2D eigenvalue weighted by atomic mass is 19.1. The third-order valence-electron chi connectivity index (χ3n) is 2.04. The SMILES string of the molecule is OCc1ccc(OCc2ccno2)c(F)c1. The van der Waals surface area contributed by atoms with Gasteiger partial charge in [0.15, 0.2) is 17.3 Å². The molecule has 0 spiro atoms. The fourth-order valence-corrected chi connectivity index (χ4v) is 1.23. The Balaban J connectivity index is 2.04. The summed E-state index contributed by atoms with van der Waals surface area (Å²) >= 11 is 0. The fraction of sp³-hybridized carbons (Fsp3) is 0.182. The molecular formula is C11H10FNO3. The number of hydrogen-bond donors (Lipinski definition) is 1. The van der Waals surface area contributed by atoms with Gasteiger partial charge in [-0.05, 0) is 17.7 Å². The van der Waals surface area contributed by atoms with Crippen LogP contribution in [0.15, 0.2) is 35.0 Å². The molecule has 1 aromatic heterocycles. The number of aliphatic hydroxyl groups is 1. The molecule has 0 aliphatic carbocycles. The predicted octanol–water partition coefficient (Wildman–Crippen LogP) is 1.89. The molecule has 84 valence electrons. The van der Waals surface area contributed by atoms with Crippen molar-refractivity contribution >= 4 is 0 Å². The molecule has 0 fully saturated rings. The first-order valence-electron chi connectivity index (χ1n) is 4.71. The summed E-state index contributed by atoms with van der Waals surface area (Å²) in [5.74, 6) is 0.130. The van der Waals surface area contributed by atoms with Crippen LogP contribution in [0.3, 0.4) is 0 Å². The second-order valence-electron chi connectivity index (χ2n) is 3.19. The summed E-state index contributed by atoms with van der Waals surface area (Å²) in [5.41, 5.74) is 0.504. The number of benzene rings is 1. The molecule has 4 nitrogen and oxygen atoms in total. The van der Waals surface area contributed by atoms with Crippen molar-refractivity contribution in [2.45, 2.75) is 13.2 Å². The van der Waals surface area contributed by atoms with Crippen LogP contribution in [0.1, 0.15) is 11.3 Å². The van der Waals surface area contributed by atoms with Crippen molar-refractivity contribution < 1.29 is 18.8 Å². The van der Waals surface area contributed by atoms with E-state index < -0.39 is 5.82 Å². The lowest BCUT2D eigenvalue weighted by Crippen LogP contribution is -1.97. The maximum absolute atomic E-state index is 13.4. The molecule has 0 unspecified atom stereocenters. The monoisotopic (exact) mass is 223 g/mol. The lowest BCUT2D eigenvalue weighted by molar-refractivity contribution is 0.239. The van der Waals surface area contributed by atoms with Gasteiger partial charge >= 0.3 is 0 Å². The topological polar surface area (TPSA) is 55.5 Å². The number of aromatic nitrogens is 1. The molecule has 1 aromatic carbocycles. The van der Waals surface area contributed by atoms with Gasteiger partial charge in [0.25, 0.3) is 0 Å². The highest BCUT2D eigenvalue weighted by molar-refractivity contribution is 5.29. The average Bonchev–Trinajstić information content (AvgIpc) is 2.80. The highest BCUT2D eigenvalue weighted by Gasteiger charge is 2.05. The van der Waals surface area contributed by atoms with Gasteiger partial charge in [-0.15, -0.1) is 0 Å². The standard InChI is InChI=1S/C11H10FNO3/c12-10-5-8(6-14)1-2-11(10)15-7-9-3-4-13-16-9/h1-5,14H,6-7H2. The smallest absolute Gasteiger partial charge is 0.174 e. The van der Waals surface area contributed by atoms with Crippen molar-refractivity contribution in [2.24, 2.45) is 0 Å². The van der Waals surface area contributed by atoms with E-state index in [2.05, 4.69) is 5.16 Å². The maximum Gasteiger partial charge on any atom is 0.174 e. The third-order valence-corrected chi connectivity index (χ3v) is 2.04. The highest BCUT2D eigenvalue weighted by Crippen LogP contribution is 2.19. The maximum atomic E-state index is 13.4. The van der Waals surface area contributed by atoms with Gasteiger partial charge < -0.3 is 14.4 Å². The minimum atomic E-state index is -0.508. The van der Waals surface area contributed by atoms with Crippen LogP contribution in [0, 0.1) is 5.82 Å². The fourth-order valence-electron chi connectivity index (χ4n) is 1.23. The zero-order valence-electron chi connectivity index (χ0n) is 8.39. The Morgan fingerprint density at radius 1 is 1.38 bits per heavy atom. The summed E-state index contributed by atoms with van der Waals surface area (Å²) < 4.78 is 23.4. The van der Waals surface area contributed by atoms with Crippen LogP contribution < -0.4 is 4.74 Å². The summed E-state index contributed by atoms with van der Waals surface area (Å²) in [5, 5.41) is 12.3. The summed E-state index contributed by atoms with van der Waals surface area (Å²) in [4.78, 5) is 0. The first-order valence-corrected chi connectivity index (χ1v) is 4.71. The number of hydrogen-bond acceptors (Lipinski definition) is 4. The van der Waals surface area contributed by atoms with E-state index in [0.29, 0.717) is 11.3 Å². The van der Waals surface area contributed by atoms with Crippen molar-refractivity contribution in [3.8, 4) is 5.75 Å². The third kappa shape index (κ3) is 2.38. The van der Waals surface area contributed by atoms with Gasteiger partial charge in [0.1, 0.15) is 6.61 Å². The largest absolute Gasteiger partial charge is 0.482 e. The summed E-state index contributed by atoms with van der Waals surface area (Å²) in [7, 11) is 0. The minimum absolute atomic E-state index is 0.119. The Hall–Kier alpha value is -1.88. The number of ether oxygens (including phenoxy) is 1. The first kappa shape index (κ1) is 10.6. The van der Waals surface area contributed by atoms with Crippen LogP contribution in [0.2, 0.25) is 0 Å². The molecule has 0 bridgehead atoms. The molecule has 1 N–H and O–H groups in total. The van der Waals surface area contributed by atoms with Crippen LogP contribution >= 0.6 is 0 Å². The lowest BCUT2D eigenvalue weighted by atomic mass is 10.2. The number of halogens is 1. The van der Waals surface area contributed by atoms with Crippen LogP contribution in [0.5, 0.6) is 5.75 Å². The van der Waals surface area contributed by atoms with Gasteiger partial charge in [-0.3, -0.25) is 0 Å². The van der Waals surface area contributed by atoms with E-state index in [1.165, 1.54) is 18.3 Å². The molecule has 16 heavy (non-hydrogen) atoms. The van der Waals surface area contributed by atoms with E-state index in [1.807, 2.05) is 0 Å². The molecule has 2 rings (SSSR count). The molecule has 2 aromatic rings. The van der Waals surface area contributed by atoms with E-state index in [0.717, 1.165) is 0 Å². The van der Waals surface area contributed by atoms with Gasteiger partial charge in [0.05, 0.1) is 12.8 Å². The average molecular weight is 223 g/mol. The number of nitrogens with zero attached hydrogens (tertiary/aromatic N) is 1. The predicted molar refractivity (Wildman–Crippen MR) is 53.2 cm³/mol. The van der Waals surface area contributed by atoms with Crippen molar-refractivity contribution in [3.63, 3.8) is 0 Å². The molecule has 0 saturated heterocycles. The molecular weight excluding hydrogens is 213 g/mol. The molecule has 0 saturated carbocycles. The first-order chi connectivity index (χ1) is 7.79. The summed E-state index contributed by atoms with van der Waals surface area (Å²) in [6.07, 6.45) is 1.49. The zero-order chi connectivity index (χ0) is 11.4. The quantitative estimate of drug-likeness (QED) is 0.859. The molecule has 0 radical (unpaired) electrons. The summed E-state index contributed by atoms with van der Waals surface area (Å²) in [6.45, 7) is -0.0747. The Morgan fingerprint density at radius 3 is 2.88 bits per heavy atom. The Labute approximate surface area is 91.3 Å². The Morgan fingerprint density at radius 2 is 2.25 bits per heavy atom. The second kappa shape index (κ2) is 4.76. The molecule has 0 amide bonds. The second-order valence-corrected chi connectivity index (χ2v) is 3.19. The number of aliphatic hydroxyl groups excluding tert-OH is 1. The van der Waals surface area contributed by atoms with Gasteiger partial charge in [-0.25, -0.2) is 4.39 Å². The molecule has 1 heterocycles. The molecule has 0 aliphatic heterocycles. The van der Waals surface area contributed by atoms with Crippen molar-refractivity contribution in [1.29, 1.82) is 0 Å². The van der Waals surface area contributed by atoms with E-state index in [9.17, 15) is 4.39 Å². The van der Waals surface area contributed by atoms with Gasteiger partial charge in [0.2, 0.25) is 0 Å². The van der Waals surface area contributed by atoms with E-state index in [1.54, 1.807) is 12.1 Å². The number of rotatable bonds is 4. The minimum Gasteiger partial charge on any atom is -0.482 e. The Bertz CT molecular complexity index is 456. The molecule has 0 atom stereocenters. The van der Waals surface area contributed by atoms with E-state index in [-0.39, 0.29) is 19.0 Å². The van der Waals surface area contributed by atoms with Crippen LogP contribution in [-0.4, -0.2) is 10.3 Å². The van der Waals surface area contributed by atoms with Crippen molar-refractivity contribution in [1.82, 2.24) is 5.16 Å². The van der Waals surface area contributed by atoms with Crippen molar-refractivity contribution in [3.05, 3.63) is 47.6 Å². The van der Waals surface area contributed by atoms with Crippen LogP contribution in [-0.2, 0) is 13.2 Å².